The molecule has 0 atom stereocenters. The fourth-order valence-corrected chi connectivity index (χ4v) is 2.14. The number of hydrogen-bond acceptors (Lipinski definition) is 4. The van der Waals surface area contributed by atoms with Gasteiger partial charge in [0.1, 0.15) is 0 Å². The third kappa shape index (κ3) is 2.27. The molecule has 1 aromatic carbocycles. The smallest absolute Gasteiger partial charge is 0.227 e. The Kier molecular flexibility index (Phi) is 2.84. The van der Waals surface area contributed by atoms with Crippen molar-refractivity contribution in [3.63, 3.8) is 0 Å². The predicted octanol–water partition coefficient (Wildman–Crippen LogP) is 2.89. The van der Waals surface area contributed by atoms with Crippen LogP contribution in [0, 0.1) is 6.92 Å². The normalized spacial score (nSPS) is 13.6. The second-order valence-corrected chi connectivity index (χ2v) is 4.61. The average molecular weight is 240 g/mol. The number of benzene rings is 1. The van der Waals surface area contributed by atoms with Gasteiger partial charge in [0, 0.05) is 30.3 Å². The molecule has 3 rings (SSSR count). The molecule has 0 aliphatic carbocycles. The summed E-state index contributed by atoms with van der Waals surface area (Å²) >= 11 is 0. The maximum Gasteiger partial charge on any atom is 0.227 e. The third-order valence-corrected chi connectivity index (χ3v) is 3.08. The minimum absolute atomic E-state index is 0.643. The Morgan fingerprint density at radius 3 is 2.89 bits per heavy atom. The van der Waals surface area contributed by atoms with Crippen LogP contribution < -0.4 is 10.6 Å². The van der Waals surface area contributed by atoms with Crippen molar-refractivity contribution in [1.82, 2.24) is 9.97 Å². The number of nitrogens with one attached hydrogen (secondary N) is 2. The second kappa shape index (κ2) is 4.64. The highest BCUT2D eigenvalue weighted by Gasteiger charge is 2.08. The molecule has 0 saturated heterocycles. The summed E-state index contributed by atoms with van der Waals surface area (Å²) in [5.74, 6) is 0.643. The van der Waals surface area contributed by atoms with E-state index in [1.165, 1.54) is 17.7 Å². The van der Waals surface area contributed by atoms with E-state index in [2.05, 4.69) is 38.8 Å². The summed E-state index contributed by atoms with van der Waals surface area (Å²) in [6.07, 6.45) is 5.95. The first-order valence-corrected chi connectivity index (χ1v) is 6.24. The number of hydrogen-bond donors (Lipinski definition) is 2. The summed E-state index contributed by atoms with van der Waals surface area (Å²) in [7, 11) is 0. The molecule has 2 N–H and O–H groups in total. The fraction of sp³-hybridized carbons (Fsp3) is 0.286. The van der Waals surface area contributed by atoms with E-state index in [1.807, 2.05) is 19.3 Å². The van der Waals surface area contributed by atoms with Crippen LogP contribution in [0.1, 0.15) is 17.5 Å². The van der Waals surface area contributed by atoms with Gasteiger partial charge in [0.05, 0.1) is 0 Å². The lowest BCUT2D eigenvalue weighted by molar-refractivity contribution is 0.830. The van der Waals surface area contributed by atoms with E-state index in [-0.39, 0.29) is 0 Å². The summed E-state index contributed by atoms with van der Waals surface area (Å²) in [5, 5.41) is 6.63. The van der Waals surface area contributed by atoms with Gasteiger partial charge in [-0.25, -0.2) is 9.97 Å². The van der Waals surface area contributed by atoms with E-state index in [4.69, 9.17) is 0 Å². The fourth-order valence-electron chi connectivity index (χ4n) is 2.14. The van der Waals surface area contributed by atoms with Crippen molar-refractivity contribution in [2.75, 3.05) is 17.2 Å². The first-order valence-electron chi connectivity index (χ1n) is 6.24. The monoisotopic (exact) mass is 240 g/mol. The van der Waals surface area contributed by atoms with Crippen molar-refractivity contribution in [3.8, 4) is 0 Å². The molecule has 1 aliphatic rings. The van der Waals surface area contributed by atoms with Crippen LogP contribution in [0.5, 0.6) is 0 Å². The first kappa shape index (κ1) is 11.0. The molecule has 2 heterocycles. The Morgan fingerprint density at radius 1 is 1.22 bits per heavy atom. The molecule has 0 bridgehead atoms. The maximum atomic E-state index is 4.25. The zero-order chi connectivity index (χ0) is 12.4. The van der Waals surface area contributed by atoms with Gasteiger partial charge in [0.2, 0.25) is 5.95 Å². The van der Waals surface area contributed by atoms with Crippen LogP contribution in [0.3, 0.4) is 0 Å². The lowest BCUT2D eigenvalue weighted by Crippen LogP contribution is -2.11. The lowest BCUT2D eigenvalue weighted by Gasteiger charge is -2.18. The molecule has 1 aliphatic heterocycles. The SMILES string of the molecule is Cc1cnc(Nc2ccc3c(c2)CCCN3)nc1. The molecule has 0 fully saturated rings. The molecular formula is C14H16N4. The number of anilines is 3. The number of aromatic nitrogens is 2. The van der Waals surface area contributed by atoms with Crippen LogP contribution in [0.15, 0.2) is 30.6 Å². The molecule has 4 nitrogen and oxygen atoms in total. The van der Waals surface area contributed by atoms with E-state index < -0.39 is 0 Å². The molecule has 1 aromatic heterocycles. The molecule has 0 saturated carbocycles. The highest BCUT2D eigenvalue weighted by molar-refractivity contribution is 5.63. The van der Waals surface area contributed by atoms with Gasteiger partial charge < -0.3 is 10.6 Å². The molecule has 0 radical (unpaired) electrons. The van der Waals surface area contributed by atoms with Crippen molar-refractivity contribution in [1.29, 1.82) is 0 Å². The third-order valence-electron chi connectivity index (χ3n) is 3.08. The highest BCUT2D eigenvalue weighted by Crippen LogP contribution is 2.26. The molecular weight excluding hydrogens is 224 g/mol. The van der Waals surface area contributed by atoms with Crippen LogP contribution >= 0.6 is 0 Å². The van der Waals surface area contributed by atoms with Gasteiger partial charge in [0.25, 0.3) is 0 Å². The minimum Gasteiger partial charge on any atom is -0.385 e. The van der Waals surface area contributed by atoms with Gasteiger partial charge in [-0.05, 0) is 49.1 Å². The number of nitrogens with zero attached hydrogens (tertiary/aromatic N) is 2. The van der Waals surface area contributed by atoms with E-state index in [1.54, 1.807) is 0 Å². The molecule has 92 valence electrons. The van der Waals surface area contributed by atoms with Gasteiger partial charge >= 0.3 is 0 Å². The van der Waals surface area contributed by atoms with Crippen LogP contribution in [0.2, 0.25) is 0 Å². The summed E-state index contributed by atoms with van der Waals surface area (Å²) in [5.41, 5.74) is 4.71. The topological polar surface area (TPSA) is 49.8 Å². The first-order chi connectivity index (χ1) is 8.81. The Labute approximate surface area is 106 Å². The molecule has 18 heavy (non-hydrogen) atoms. The van der Waals surface area contributed by atoms with Crippen molar-refractivity contribution in [3.05, 3.63) is 41.7 Å². The molecule has 4 heteroatoms. The Morgan fingerprint density at radius 2 is 2.06 bits per heavy atom. The zero-order valence-corrected chi connectivity index (χ0v) is 10.4. The number of fused-ring (bicyclic) bond motifs is 1. The minimum atomic E-state index is 0.643. The Bertz CT molecular complexity index is 548. The lowest BCUT2D eigenvalue weighted by atomic mass is 10.0. The van der Waals surface area contributed by atoms with Gasteiger partial charge in [0.15, 0.2) is 0 Å². The van der Waals surface area contributed by atoms with Crippen LogP contribution in [0.25, 0.3) is 0 Å². The Hall–Kier alpha value is -2.10. The van der Waals surface area contributed by atoms with E-state index in [9.17, 15) is 0 Å². The van der Waals surface area contributed by atoms with Crippen molar-refractivity contribution in [2.45, 2.75) is 19.8 Å². The molecule has 0 spiro atoms. The van der Waals surface area contributed by atoms with Crippen LogP contribution in [-0.4, -0.2) is 16.5 Å². The van der Waals surface area contributed by atoms with E-state index >= 15 is 0 Å². The molecule has 2 aromatic rings. The van der Waals surface area contributed by atoms with E-state index in [0.29, 0.717) is 5.95 Å². The maximum absolute atomic E-state index is 4.25. The zero-order valence-electron chi connectivity index (χ0n) is 10.4. The van der Waals surface area contributed by atoms with Crippen LogP contribution in [-0.2, 0) is 6.42 Å². The quantitative estimate of drug-likeness (QED) is 0.847. The van der Waals surface area contributed by atoms with Crippen LogP contribution in [0.4, 0.5) is 17.3 Å². The van der Waals surface area contributed by atoms with Crippen molar-refractivity contribution < 1.29 is 0 Å². The number of aryl methyl sites for hydroxylation is 2. The highest BCUT2D eigenvalue weighted by atomic mass is 15.1. The molecule has 0 amide bonds. The van der Waals surface area contributed by atoms with Gasteiger partial charge in [-0.3, -0.25) is 0 Å². The summed E-state index contributed by atoms with van der Waals surface area (Å²) in [6.45, 7) is 3.05. The average Bonchev–Trinajstić information content (AvgIpc) is 2.41. The van der Waals surface area contributed by atoms with Crippen molar-refractivity contribution >= 4 is 17.3 Å². The van der Waals surface area contributed by atoms with Gasteiger partial charge in [-0.1, -0.05) is 0 Å². The van der Waals surface area contributed by atoms with Gasteiger partial charge in [-0.15, -0.1) is 0 Å². The van der Waals surface area contributed by atoms with E-state index in [0.717, 1.165) is 24.2 Å². The summed E-state index contributed by atoms with van der Waals surface area (Å²) in [4.78, 5) is 8.50. The summed E-state index contributed by atoms with van der Waals surface area (Å²) < 4.78 is 0. The Balaban J connectivity index is 1.82. The van der Waals surface area contributed by atoms with Gasteiger partial charge in [-0.2, -0.15) is 0 Å². The summed E-state index contributed by atoms with van der Waals surface area (Å²) in [6, 6.07) is 6.34. The standard InChI is InChI=1S/C14H16N4/c1-10-8-16-14(17-9-10)18-12-4-5-13-11(7-12)3-2-6-15-13/h4-5,7-9,15H,2-3,6H2,1H3,(H,16,17,18). The number of rotatable bonds is 2. The second-order valence-electron chi connectivity index (χ2n) is 4.61. The molecule has 0 unspecified atom stereocenters. The van der Waals surface area contributed by atoms with Crippen molar-refractivity contribution in [2.24, 2.45) is 0 Å². The predicted molar refractivity (Wildman–Crippen MR) is 73.3 cm³/mol. The largest absolute Gasteiger partial charge is 0.385 e.